The Bertz CT molecular complexity index is 483. The fourth-order valence-electron chi connectivity index (χ4n) is 2.86. The molecule has 1 aliphatic rings. The molecule has 1 unspecified atom stereocenters. The van der Waals surface area contributed by atoms with Crippen LogP contribution in [0, 0.1) is 18.3 Å². The minimum absolute atomic E-state index is 0.408. The molecule has 1 atom stereocenters. The van der Waals surface area contributed by atoms with Gasteiger partial charge in [-0.05, 0) is 59.4 Å². The molecule has 1 heterocycles. The van der Waals surface area contributed by atoms with Crippen molar-refractivity contribution in [3.8, 4) is 6.07 Å². The molecule has 0 radical (unpaired) electrons. The Hall–Kier alpha value is -1.34. The van der Waals surface area contributed by atoms with Crippen LogP contribution in [0.1, 0.15) is 49.8 Å². The molecule has 1 aromatic rings. The van der Waals surface area contributed by atoms with Gasteiger partial charge in [0, 0.05) is 12.2 Å². The molecule has 0 aliphatic heterocycles. The summed E-state index contributed by atoms with van der Waals surface area (Å²) in [6.07, 6.45) is 6.73. The van der Waals surface area contributed by atoms with Crippen LogP contribution < -0.4 is 5.32 Å². The summed E-state index contributed by atoms with van der Waals surface area (Å²) in [5.74, 6) is 1.13. The summed E-state index contributed by atoms with van der Waals surface area (Å²) >= 11 is 0. The van der Waals surface area contributed by atoms with Crippen molar-refractivity contribution in [2.75, 3.05) is 7.05 Å². The minimum atomic E-state index is -0.408. The van der Waals surface area contributed by atoms with Crippen molar-refractivity contribution in [1.29, 1.82) is 5.26 Å². The molecular weight excluding hydrogens is 236 g/mol. The summed E-state index contributed by atoms with van der Waals surface area (Å²) in [5, 5.41) is 12.3. The molecule has 1 aliphatic carbocycles. The number of nitrogens with zero attached hydrogens (tertiary/aromatic N) is 3. The van der Waals surface area contributed by atoms with Crippen molar-refractivity contribution in [2.45, 2.75) is 64.5 Å². The molecule has 0 bridgehead atoms. The summed E-state index contributed by atoms with van der Waals surface area (Å²) in [7, 11) is 1.85. The molecule has 0 amide bonds. The smallest absolute Gasteiger partial charge is 0.106 e. The van der Waals surface area contributed by atoms with Gasteiger partial charge in [0.2, 0.25) is 0 Å². The van der Waals surface area contributed by atoms with Gasteiger partial charge in [0.15, 0.2) is 0 Å². The molecule has 0 aromatic carbocycles. The van der Waals surface area contributed by atoms with E-state index in [0.29, 0.717) is 0 Å². The Kier molecular flexibility index (Phi) is 4.26. The number of nitriles is 1. The lowest BCUT2D eigenvalue weighted by Gasteiger charge is -2.21. The lowest BCUT2D eigenvalue weighted by atomic mass is 9.97. The summed E-state index contributed by atoms with van der Waals surface area (Å²) < 4.78 is 2.36. The van der Waals surface area contributed by atoms with Crippen LogP contribution in [0.2, 0.25) is 0 Å². The number of fused-ring (bicyclic) bond motifs is 1. The predicted molar refractivity (Wildman–Crippen MR) is 75.9 cm³/mol. The van der Waals surface area contributed by atoms with Gasteiger partial charge in [0.25, 0.3) is 0 Å². The van der Waals surface area contributed by atoms with Gasteiger partial charge in [-0.15, -0.1) is 0 Å². The predicted octanol–water partition coefficient (Wildman–Crippen LogP) is 2.35. The average Bonchev–Trinajstić information content (AvgIpc) is 2.75. The van der Waals surface area contributed by atoms with Gasteiger partial charge in [-0.3, -0.25) is 0 Å². The van der Waals surface area contributed by atoms with Crippen molar-refractivity contribution < 1.29 is 0 Å². The quantitative estimate of drug-likeness (QED) is 0.884. The van der Waals surface area contributed by atoms with Crippen molar-refractivity contribution in [2.24, 2.45) is 0 Å². The highest BCUT2D eigenvalue weighted by Crippen LogP contribution is 2.23. The van der Waals surface area contributed by atoms with Crippen molar-refractivity contribution in [1.82, 2.24) is 14.9 Å². The third-order valence-corrected chi connectivity index (χ3v) is 4.28. The molecule has 2 rings (SSSR count). The molecule has 1 N–H and O–H groups in total. The van der Waals surface area contributed by atoms with Gasteiger partial charge >= 0.3 is 0 Å². The monoisotopic (exact) mass is 260 g/mol. The van der Waals surface area contributed by atoms with Gasteiger partial charge in [-0.1, -0.05) is 0 Å². The second-order valence-electron chi connectivity index (χ2n) is 5.71. The zero-order valence-corrected chi connectivity index (χ0v) is 12.3. The minimum Gasteiger partial charge on any atom is -0.332 e. The van der Waals surface area contributed by atoms with Gasteiger partial charge < -0.3 is 9.88 Å². The summed E-state index contributed by atoms with van der Waals surface area (Å²) in [6.45, 7) is 5.04. The van der Waals surface area contributed by atoms with E-state index in [9.17, 15) is 0 Å². The Morgan fingerprint density at radius 3 is 2.84 bits per heavy atom. The van der Waals surface area contributed by atoms with Crippen LogP contribution in [0.25, 0.3) is 0 Å². The van der Waals surface area contributed by atoms with Crippen LogP contribution in [0.15, 0.2) is 0 Å². The van der Waals surface area contributed by atoms with Crippen LogP contribution in [0.5, 0.6) is 0 Å². The normalized spacial score (nSPS) is 17.6. The largest absolute Gasteiger partial charge is 0.332 e. The lowest BCUT2D eigenvalue weighted by molar-refractivity contribution is 0.418. The van der Waals surface area contributed by atoms with E-state index in [1.54, 1.807) is 0 Å². The van der Waals surface area contributed by atoms with Crippen molar-refractivity contribution in [3.63, 3.8) is 0 Å². The zero-order valence-electron chi connectivity index (χ0n) is 12.3. The first-order valence-electron chi connectivity index (χ1n) is 7.24. The van der Waals surface area contributed by atoms with E-state index in [1.165, 1.54) is 24.2 Å². The number of hydrogen-bond acceptors (Lipinski definition) is 3. The lowest BCUT2D eigenvalue weighted by Crippen LogP contribution is -2.38. The van der Waals surface area contributed by atoms with Crippen LogP contribution in [0.4, 0.5) is 0 Å². The first kappa shape index (κ1) is 14.1. The molecule has 4 heteroatoms. The number of aryl methyl sites for hydroxylation is 2. The van der Waals surface area contributed by atoms with Crippen molar-refractivity contribution >= 4 is 0 Å². The molecule has 19 heavy (non-hydrogen) atoms. The fraction of sp³-hybridized carbons (Fsp3) is 0.733. The molecule has 0 saturated heterocycles. The zero-order chi connectivity index (χ0) is 13.9. The van der Waals surface area contributed by atoms with Gasteiger partial charge in [-0.25, -0.2) is 4.98 Å². The molecule has 4 nitrogen and oxygen atoms in total. The first-order chi connectivity index (χ1) is 9.09. The van der Waals surface area contributed by atoms with E-state index in [2.05, 4.69) is 27.9 Å². The highest BCUT2D eigenvalue weighted by Gasteiger charge is 2.22. The van der Waals surface area contributed by atoms with Crippen molar-refractivity contribution in [3.05, 3.63) is 17.2 Å². The topological polar surface area (TPSA) is 53.6 Å². The molecule has 0 saturated carbocycles. The number of imidazole rings is 1. The highest BCUT2D eigenvalue weighted by atomic mass is 15.1. The summed E-state index contributed by atoms with van der Waals surface area (Å²) in [4.78, 5) is 4.69. The van der Waals surface area contributed by atoms with Crippen LogP contribution in [0.3, 0.4) is 0 Å². The van der Waals surface area contributed by atoms with Gasteiger partial charge in [-0.2, -0.15) is 5.26 Å². The average molecular weight is 260 g/mol. The van der Waals surface area contributed by atoms with E-state index in [4.69, 9.17) is 5.26 Å². The number of nitrogens with one attached hydrogen (secondary N) is 1. The molecule has 1 aromatic heterocycles. The molecule has 104 valence electrons. The number of rotatable bonds is 5. The Morgan fingerprint density at radius 2 is 2.16 bits per heavy atom. The van der Waals surface area contributed by atoms with E-state index in [1.807, 2.05) is 14.0 Å². The second-order valence-corrected chi connectivity index (χ2v) is 5.71. The fourth-order valence-corrected chi connectivity index (χ4v) is 2.86. The first-order valence-corrected chi connectivity index (χ1v) is 7.24. The van der Waals surface area contributed by atoms with Crippen LogP contribution in [-0.2, 0) is 19.4 Å². The maximum atomic E-state index is 9.16. The standard InChI is InChI=1S/C15H24N4/c1-12-18-13-7-4-5-8-14(13)19(12)10-6-9-15(2,11-16)17-3/h17H,4-10H2,1-3H3. The molecular formula is C15H24N4. The Balaban J connectivity index is 2.01. The van der Waals surface area contributed by atoms with E-state index >= 15 is 0 Å². The summed E-state index contributed by atoms with van der Waals surface area (Å²) in [6, 6.07) is 2.35. The van der Waals surface area contributed by atoms with E-state index < -0.39 is 5.54 Å². The van der Waals surface area contributed by atoms with Crippen LogP contribution >= 0.6 is 0 Å². The second kappa shape index (κ2) is 5.75. The maximum Gasteiger partial charge on any atom is 0.106 e. The maximum absolute atomic E-state index is 9.16. The van der Waals surface area contributed by atoms with E-state index in [-0.39, 0.29) is 0 Å². The van der Waals surface area contributed by atoms with Gasteiger partial charge in [0.05, 0.1) is 11.8 Å². The third-order valence-electron chi connectivity index (χ3n) is 4.28. The number of aromatic nitrogens is 2. The molecule has 0 fully saturated rings. The van der Waals surface area contributed by atoms with E-state index in [0.717, 1.165) is 38.1 Å². The van der Waals surface area contributed by atoms with Crippen LogP contribution in [-0.4, -0.2) is 22.1 Å². The molecule has 0 spiro atoms. The van der Waals surface area contributed by atoms with Gasteiger partial charge in [0.1, 0.15) is 11.4 Å². The number of hydrogen-bond donors (Lipinski definition) is 1. The third kappa shape index (κ3) is 2.98. The SMILES string of the molecule is CNC(C)(C#N)CCCn1c(C)nc2c1CCCC2. The highest BCUT2D eigenvalue weighted by molar-refractivity contribution is 5.19. The Labute approximate surface area is 115 Å². The summed E-state index contributed by atoms with van der Waals surface area (Å²) in [5.41, 5.74) is 2.33. The Morgan fingerprint density at radius 1 is 1.42 bits per heavy atom.